The van der Waals surface area contributed by atoms with Crippen LogP contribution in [0.4, 0.5) is 0 Å². The minimum absolute atomic E-state index is 0.359. The second-order valence-corrected chi connectivity index (χ2v) is 5.13. The Kier molecular flexibility index (Phi) is 3.74. The molecule has 1 aliphatic carbocycles. The fourth-order valence-electron chi connectivity index (χ4n) is 2.91. The van der Waals surface area contributed by atoms with Crippen molar-refractivity contribution in [3.05, 3.63) is 0 Å². The fourth-order valence-corrected chi connectivity index (χ4v) is 2.91. The molecule has 2 heteroatoms. The van der Waals surface area contributed by atoms with Crippen molar-refractivity contribution in [1.82, 2.24) is 4.90 Å². The Bertz CT molecular complexity index is 134. The molecule has 0 spiro atoms. The number of rotatable bonds is 4. The Hall–Kier alpha value is -0.0800. The van der Waals surface area contributed by atoms with Crippen molar-refractivity contribution in [2.75, 3.05) is 20.6 Å². The van der Waals surface area contributed by atoms with Gasteiger partial charge < -0.3 is 10.6 Å². The molecule has 0 saturated heterocycles. The van der Waals surface area contributed by atoms with Crippen LogP contribution >= 0.6 is 0 Å². The van der Waals surface area contributed by atoms with Gasteiger partial charge in [0, 0.05) is 12.6 Å². The van der Waals surface area contributed by atoms with Crippen LogP contribution in [-0.2, 0) is 0 Å². The summed E-state index contributed by atoms with van der Waals surface area (Å²) in [5.41, 5.74) is 6.45. The Morgan fingerprint density at radius 2 is 1.85 bits per heavy atom. The number of hydrogen-bond donors (Lipinski definition) is 1. The summed E-state index contributed by atoms with van der Waals surface area (Å²) in [7, 11) is 4.34. The van der Waals surface area contributed by atoms with Crippen molar-refractivity contribution in [3.63, 3.8) is 0 Å². The van der Waals surface area contributed by atoms with E-state index in [1.165, 1.54) is 38.6 Å². The van der Waals surface area contributed by atoms with Gasteiger partial charge in [-0.1, -0.05) is 12.8 Å². The van der Waals surface area contributed by atoms with Crippen LogP contribution in [0.25, 0.3) is 0 Å². The number of hydrogen-bond acceptors (Lipinski definition) is 2. The zero-order chi connectivity index (χ0) is 9.90. The predicted octanol–water partition coefficient (Wildman–Crippen LogP) is 1.85. The van der Waals surface area contributed by atoms with Gasteiger partial charge in [0.15, 0.2) is 0 Å². The molecule has 1 unspecified atom stereocenters. The zero-order valence-electron chi connectivity index (χ0n) is 9.34. The van der Waals surface area contributed by atoms with Crippen molar-refractivity contribution in [1.29, 1.82) is 0 Å². The van der Waals surface area contributed by atoms with E-state index in [4.69, 9.17) is 5.73 Å². The standard InChI is InChI=1S/C11H24N2/c1-10(12)8-11(9-13(2)3)6-4-5-7-11/h10H,4-9,12H2,1-3H3. The molecule has 0 aromatic heterocycles. The molecule has 0 aromatic carbocycles. The van der Waals surface area contributed by atoms with Crippen LogP contribution in [-0.4, -0.2) is 31.6 Å². The lowest BCUT2D eigenvalue weighted by Gasteiger charge is -2.33. The first-order valence-corrected chi connectivity index (χ1v) is 5.44. The normalized spacial score (nSPS) is 23.8. The minimum Gasteiger partial charge on any atom is -0.328 e. The van der Waals surface area contributed by atoms with E-state index in [-0.39, 0.29) is 0 Å². The maximum absolute atomic E-state index is 5.91. The van der Waals surface area contributed by atoms with E-state index in [0.29, 0.717) is 11.5 Å². The van der Waals surface area contributed by atoms with E-state index in [1.807, 2.05) is 0 Å². The van der Waals surface area contributed by atoms with Crippen molar-refractivity contribution >= 4 is 0 Å². The maximum Gasteiger partial charge on any atom is 0.00325 e. The smallest absolute Gasteiger partial charge is 0.00325 e. The van der Waals surface area contributed by atoms with Crippen LogP contribution in [0.1, 0.15) is 39.0 Å². The molecule has 13 heavy (non-hydrogen) atoms. The molecule has 78 valence electrons. The van der Waals surface area contributed by atoms with Gasteiger partial charge in [-0.2, -0.15) is 0 Å². The third-order valence-corrected chi connectivity index (χ3v) is 3.07. The lowest BCUT2D eigenvalue weighted by Crippen LogP contribution is -2.36. The first-order chi connectivity index (χ1) is 6.04. The molecule has 0 amide bonds. The zero-order valence-corrected chi connectivity index (χ0v) is 9.34. The van der Waals surface area contributed by atoms with Gasteiger partial charge in [0.2, 0.25) is 0 Å². The van der Waals surface area contributed by atoms with Gasteiger partial charge in [-0.25, -0.2) is 0 Å². The molecule has 2 nitrogen and oxygen atoms in total. The highest BCUT2D eigenvalue weighted by molar-refractivity contribution is 4.88. The second-order valence-electron chi connectivity index (χ2n) is 5.13. The summed E-state index contributed by atoms with van der Waals surface area (Å²) in [5.74, 6) is 0. The fraction of sp³-hybridized carbons (Fsp3) is 1.00. The average Bonchev–Trinajstić information content (AvgIpc) is 2.33. The quantitative estimate of drug-likeness (QED) is 0.722. The molecule has 1 rings (SSSR count). The van der Waals surface area contributed by atoms with Crippen LogP contribution in [0.15, 0.2) is 0 Å². The molecule has 1 saturated carbocycles. The lowest BCUT2D eigenvalue weighted by molar-refractivity contribution is 0.177. The van der Waals surface area contributed by atoms with Gasteiger partial charge in [-0.3, -0.25) is 0 Å². The topological polar surface area (TPSA) is 29.3 Å². The average molecular weight is 184 g/mol. The third-order valence-electron chi connectivity index (χ3n) is 3.07. The third kappa shape index (κ3) is 3.28. The van der Waals surface area contributed by atoms with E-state index in [9.17, 15) is 0 Å². The van der Waals surface area contributed by atoms with Crippen LogP contribution in [0, 0.1) is 5.41 Å². The Balaban J connectivity index is 2.52. The van der Waals surface area contributed by atoms with Crippen LogP contribution < -0.4 is 5.73 Å². The summed E-state index contributed by atoms with van der Waals surface area (Å²) < 4.78 is 0. The predicted molar refractivity (Wildman–Crippen MR) is 57.7 cm³/mol. The van der Waals surface area contributed by atoms with Gasteiger partial charge in [0.25, 0.3) is 0 Å². The minimum atomic E-state index is 0.359. The molecular formula is C11H24N2. The molecule has 1 atom stereocenters. The summed E-state index contributed by atoms with van der Waals surface area (Å²) in [6, 6.07) is 0.359. The Morgan fingerprint density at radius 1 is 1.31 bits per heavy atom. The Labute approximate surface area is 82.5 Å². The molecule has 0 heterocycles. The van der Waals surface area contributed by atoms with E-state index >= 15 is 0 Å². The monoisotopic (exact) mass is 184 g/mol. The molecule has 0 aliphatic heterocycles. The maximum atomic E-state index is 5.91. The van der Waals surface area contributed by atoms with E-state index in [0.717, 1.165) is 0 Å². The molecule has 2 N–H and O–H groups in total. The second kappa shape index (κ2) is 4.43. The molecule has 1 fully saturated rings. The highest BCUT2D eigenvalue weighted by Crippen LogP contribution is 2.41. The molecule has 0 bridgehead atoms. The molecule has 1 aliphatic rings. The van der Waals surface area contributed by atoms with Gasteiger partial charge >= 0.3 is 0 Å². The van der Waals surface area contributed by atoms with Crippen LogP contribution in [0.2, 0.25) is 0 Å². The van der Waals surface area contributed by atoms with Gasteiger partial charge in [-0.15, -0.1) is 0 Å². The molecule has 0 aromatic rings. The summed E-state index contributed by atoms with van der Waals surface area (Å²) in [6.45, 7) is 3.35. The van der Waals surface area contributed by atoms with Crippen molar-refractivity contribution < 1.29 is 0 Å². The summed E-state index contributed by atoms with van der Waals surface area (Å²) in [4.78, 5) is 2.31. The first kappa shape index (κ1) is 11.0. The van der Waals surface area contributed by atoms with Crippen molar-refractivity contribution in [2.45, 2.75) is 45.1 Å². The van der Waals surface area contributed by atoms with E-state index in [2.05, 4.69) is 25.9 Å². The van der Waals surface area contributed by atoms with E-state index < -0.39 is 0 Å². The first-order valence-electron chi connectivity index (χ1n) is 5.44. The SMILES string of the molecule is CC(N)CC1(CN(C)C)CCCC1. The lowest BCUT2D eigenvalue weighted by atomic mass is 9.80. The van der Waals surface area contributed by atoms with Crippen LogP contribution in [0.5, 0.6) is 0 Å². The number of nitrogens with two attached hydrogens (primary N) is 1. The molecule has 0 radical (unpaired) electrons. The summed E-state index contributed by atoms with van der Waals surface area (Å²) in [6.07, 6.45) is 6.77. The Morgan fingerprint density at radius 3 is 2.23 bits per heavy atom. The molecular weight excluding hydrogens is 160 g/mol. The van der Waals surface area contributed by atoms with Gasteiger partial charge in [0.1, 0.15) is 0 Å². The summed E-state index contributed by atoms with van der Waals surface area (Å²) >= 11 is 0. The largest absolute Gasteiger partial charge is 0.328 e. The van der Waals surface area contributed by atoms with Gasteiger partial charge in [0.05, 0.1) is 0 Å². The number of nitrogens with zero attached hydrogens (tertiary/aromatic N) is 1. The van der Waals surface area contributed by atoms with E-state index in [1.54, 1.807) is 0 Å². The summed E-state index contributed by atoms with van der Waals surface area (Å²) in [5, 5.41) is 0. The van der Waals surface area contributed by atoms with Crippen LogP contribution in [0.3, 0.4) is 0 Å². The van der Waals surface area contributed by atoms with Crippen molar-refractivity contribution in [2.24, 2.45) is 11.1 Å². The van der Waals surface area contributed by atoms with Crippen molar-refractivity contribution in [3.8, 4) is 0 Å². The highest BCUT2D eigenvalue weighted by atomic mass is 15.1. The van der Waals surface area contributed by atoms with Gasteiger partial charge in [-0.05, 0) is 45.7 Å². The highest BCUT2D eigenvalue weighted by Gasteiger charge is 2.34.